The van der Waals surface area contributed by atoms with Crippen molar-refractivity contribution < 1.29 is 13.2 Å². The highest BCUT2D eigenvalue weighted by atomic mass is 32.2. The summed E-state index contributed by atoms with van der Waals surface area (Å²) in [6, 6.07) is 7.20. The number of piperazine rings is 1. The molecule has 158 valence electrons. The molecule has 28 heavy (non-hydrogen) atoms. The van der Waals surface area contributed by atoms with Crippen LogP contribution < -0.4 is 10.6 Å². The van der Waals surface area contributed by atoms with Crippen LogP contribution in [0.5, 0.6) is 0 Å². The highest BCUT2D eigenvalue weighted by molar-refractivity contribution is 7.89. The predicted octanol–water partition coefficient (Wildman–Crippen LogP) is 0.713. The van der Waals surface area contributed by atoms with Gasteiger partial charge in [-0.1, -0.05) is 18.2 Å². The zero-order valence-electron chi connectivity index (χ0n) is 17.3. The molecule has 2 rings (SSSR count). The van der Waals surface area contributed by atoms with E-state index in [4.69, 9.17) is 4.74 Å². The van der Waals surface area contributed by atoms with Gasteiger partial charge < -0.3 is 20.3 Å². The second-order valence-corrected chi connectivity index (χ2v) is 8.92. The average Bonchev–Trinajstić information content (AvgIpc) is 2.67. The van der Waals surface area contributed by atoms with Crippen LogP contribution in [0, 0.1) is 0 Å². The molecule has 0 amide bonds. The molecule has 1 atom stereocenters. The Balaban J connectivity index is 2.20. The van der Waals surface area contributed by atoms with Gasteiger partial charge in [0.15, 0.2) is 5.96 Å². The molecular weight excluding hydrogens is 378 g/mol. The number of nitrogens with one attached hydrogen (secondary N) is 2. The van der Waals surface area contributed by atoms with E-state index in [9.17, 15) is 8.42 Å². The summed E-state index contributed by atoms with van der Waals surface area (Å²) in [5.74, 6) is 0.638. The van der Waals surface area contributed by atoms with E-state index in [1.165, 1.54) is 0 Å². The summed E-state index contributed by atoms with van der Waals surface area (Å²) < 4.78 is 33.0. The van der Waals surface area contributed by atoms with Crippen LogP contribution in [0.4, 0.5) is 0 Å². The lowest BCUT2D eigenvalue weighted by Crippen LogP contribution is -2.47. The van der Waals surface area contributed by atoms with Gasteiger partial charge in [0.25, 0.3) is 0 Å². The van der Waals surface area contributed by atoms with Crippen LogP contribution >= 0.6 is 0 Å². The first-order valence-corrected chi connectivity index (χ1v) is 11.1. The fourth-order valence-corrected chi connectivity index (χ4v) is 4.70. The Bertz CT molecular complexity index is 746. The van der Waals surface area contributed by atoms with Gasteiger partial charge in [-0.25, -0.2) is 13.4 Å². The maximum absolute atomic E-state index is 13.2. The van der Waals surface area contributed by atoms with Crippen LogP contribution in [0.2, 0.25) is 0 Å². The molecule has 0 aromatic heterocycles. The van der Waals surface area contributed by atoms with Crippen LogP contribution in [0.25, 0.3) is 0 Å². The minimum atomic E-state index is -3.53. The quantitative estimate of drug-likeness (QED) is 0.484. The second kappa shape index (κ2) is 10.8. The van der Waals surface area contributed by atoms with Gasteiger partial charge in [-0.3, -0.25) is 0 Å². The second-order valence-electron chi connectivity index (χ2n) is 7.01. The Kier molecular flexibility index (Phi) is 8.68. The largest absolute Gasteiger partial charge is 0.383 e. The zero-order chi connectivity index (χ0) is 20.6. The first-order chi connectivity index (χ1) is 13.4. The average molecular weight is 412 g/mol. The van der Waals surface area contributed by atoms with Gasteiger partial charge in [0, 0.05) is 45.9 Å². The third kappa shape index (κ3) is 6.16. The molecule has 0 radical (unpaired) electrons. The number of aliphatic imine (C=N–C) groups is 1. The molecule has 1 saturated heterocycles. The minimum Gasteiger partial charge on any atom is -0.383 e. The number of methoxy groups -OCH3 is 1. The van der Waals surface area contributed by atoms with Gasteiger partial charge in [-0.05, 0) is 32.5 Å². The number of benzene rings is 1. The van der Waals surface area contributed by atoms with Gasteiger partial charge in [0.1, 0.15) is 0 Å². The van der Waals surface area contributed by atoms with Gasteiger partial charge in [0.2, 0.25) is 10.0 Å². The molecule has 0 aliphatic carbocycles. The third-order valence-corrected chi connectivity index (χ3v) is 6.60. The van der Waals surface area contributed by atoms with Crippen molar-refractivity contribution in [3.63, 3.8) is 0 Å². The molecule has 0 spiro atoms. The molecule has 1 aromatic carbocycles. The van der Waals surface area contributed by atoms with Gasteiger partial charge in [0.05, 0.1) is 18.0 Å². The molecule has 1 aromatic rings. The maximum Gasteiger partial charge on any atom is 0.243 e. The monoisotopic (exact) mass is 411 g/mol. The standard InChI is InChI=1S/C19H33N5O3S/c1-5-20-19(22-16(2)15-27-4)21-14-17-8-6-7-9-18(17)28(25,26)24-12-10-23(3)11-13-24/h6-9,16H,5,10-15H2,1-4H3,(H2,20,21,22). The highest BCUT2D eigenvalue weighted by Crippen LogP contribution is 2.22. The number of likely N-dealkylation sites (N-methyl/N-ethyl adjacent to an activating group) is 1. The van der Waals surface area contributed by atoms with E-state index in [-0.39, 0.29) is 12.6 Å². The lowest BCUT2D eigenvalue weighted by Gasteiger charge is -2.32. The molecule has 1 heterocycles. The van der Waals surface area contributed by atoms with E-state index in [1.807, 2.05) is 33.0 Å². The number of guanidine groups is 1. The molecule has 1 aliphatic heterocycles. The summed E-state index contributed by atoms with van der Waals surface area (Å²) in [5, 5.41) is 6.45. The third-order valence-electron chi connectivity index (χ3n) is 4.60. The summed E-state index contributed by atoms with van der Waals surface area (Å²) in [5.41, 5.74) is 0.693. The molecule has 9 heteroatoms. The molecule has 0 bridgehead atoms. The fourth-order valence-electron chi connectivity index (χ4n) is 3.06. The molecule has 1 unspecified atom stereocenters. The zero-order valence-corrected chi connectivity index (χ0v) is 18.1. The molecule has 1 aliphatic rings. The van der Waals surface area contributed by atoms with Gasteiger partial charge >= 0.3 is 0 Å². The van der Waals surface area contributed by atoms with Crippen molar-refractivity contribution in [3.05, 3.63) is 29.8 Å². The number of sulfonamides is 1. The molecule has 0 saturated carbocycles. The Morgan fingerprint density at radius 2 is 1.93 bits per heavy atom. The van der Waals surface area contributed by atoms with Crippen LogP contribution in [0.15, 0.2) is 34.2 Å². The number of nitrogens with zero attached hydrogens (tertiary/aromatic N) is 3. The lowest BCUT2D eigenvalue weighted by atomic mass is 10.2. The number of ether oxygens (including phenoxy) is 1. The predicted molar refractivity (Wildman–Crippen MR) is 112 cm³/mol. The Morgan fingerprint density at radius 1 is 1.25 bits per heavy atom. The van der Waals surface area contributed by atoms with Crippen molar-refractivity contribution in [2.75, 3.05) is 53.5 Å². The number of rotatable bonds is 8. The van der Waals surface area contributed by atoms with Gasteiger partial charge in [-0.15, -0.1) is 0 Å². The van der Waals surface area contributed by atoms with E-state index in [1.54, 1.807) is 23.5 Å². The van der Waals surface area contributed by atoms with E-state index in [0.717, 1.165) is 13.1 Å². The molecule has 1 fully saturated rings. The SMILES string of the molecule is CCNC(=NCc1ccccc1S(=O)(=O)N1CCN(C)CC1)NC(C)COC. The normalized spacial score (nSPS) is 18.1. The van der Waals surface area contributed by atoms with Gasteiger partial charge in [-0.2, -0.15) is 4.31 Å². The molecule has 8 nitrogen and oxygen atoms in total. The Morgan fingerprint density at radius 3 is 2.57 bits per heavy atom. The maximum atomic E-state index is 13.2. The fraction of sp³-hybridized carbons (Fsp3) is 0.632. The van der Waals surface area contributed by atoms with E-state index >= 15 is 0 Å². The van der Waals surface area contributed by atoms with Crippen molar-refractivity contribution in [1.29, 1.82) is 0 Å². The van der Waals surface area contributed by atoms with Crippen LogP contribution in [-0.2, 0) is 21.3 Å². The van der Waals surface area contributed by atoms with Crippen LogP contribution in [0.3, 0.4) is 0 Å². The smallest absolute Gasteiger partial charge is 0.243 e. The van der Waals surface area contributed by atoms with E-state index in [0.29, 0.717) is 42.7 Å². The Labute approximate surface area is 169 Å². The summed E-state index contributed by atoms with van der Waals surface area (Å²) >= 11 is 0. The molecule has 2 N–H and O–H groups in total. The van der Waals surface area contributed by atoms with Crippen LogP contribution in [0.1, 0.15) is 19.4 Å². The highest BCUT2D eigenvalue weighted by Gasteiger charge is 2.29. The van der Waals surface area contributed by atoms with Crippen molar-refractivity contribution in [1.82, 2.24) is 19.8 Å². The summed E-state index contributed by atoms with van der Waals surface area (Å²) in [7, 11) is 0.130. The Hall–Kier alpha value is -1.68. The lowest BCUT2D eigenvalue weighted by molar-refractivity contribution is 0.179. The van der Waals surface area contributed by atoms with Crippen molar-refractivity contribution >= 4 is 16.0 Å². The van der Waals surface area contributed by atoms with Crippen molar-refractivity contribution in [3.8, 4) is 0 Å². The summed E-state index contributed by atoms with van der Waals surface area (Å²) in [6.45, 7) is 8.04. The van der Waals surface area contributed by atoms with Crippen molar-refractivity contribution in [2.24, 2.45) is 4.99 Å². The van der Waals surface area contributed by atoms with E-state index in [2.05, 4.69) is 20.5 Å². The molecular formula is C19H33N5O3S. The first-order valence-electron chi connectivity index (χ1n) is 9.68. The minimum absolute atomic E-state index is 0.0899. The number of hydrogen-bond donors (Lipinski definition) is 2. The van der Waals surface area contributed by atoms with Crippen molar-refractivity contribution in [2.45, 2.75) is 31.3 Å². The summed E-state index contributed by atoms with van der Waals surface area (Å²) in [4.78, 5) is 7.06. The number of hydrogen-bond acceptors (Lipinski definition) is 5. The first kappa shape index (κ1) is 22.6. The van der Waals surface area contributed by atoms with Crippen LogP contribution in [-0.4, -0.2) is 83.1 Å². The topological polar surface area (TPSA) is 86.3 Å². The van der Waals surface area contributed by atoms with E-state index < -0.39 is 10.0 Å². The summed E-state index contributed by atoms with van der Waals surface area (Å²) in [6.07, 6.45) is 0.